The molecule has 4 heteroatoms. The summed E-state index contributed by atoms with van der Waals surface area (Å²) < 4.78 is 4.29. The molecule has 2 aromatic carbocycles. The van der Waals surface area contributed by atoms with Crippen molar-refractivity contribution in [3.63, 3.8) is 0 Å². The van der Waals surface area contributed by atoms with Gasteiger partial charge in [0.2, 0.25) is 0 Å². The molecule has 1 heterocycles. The van der Waals surface area contributed by atoms with Gasteiger partial charge in [0, 0.05) is 39.6 Å². The highest BCUT2D eigenvalue weighted by Crippen LogP contribution is 2.31. The van der Waals surface area contributed by atoms with Crippen LogP contribution in [0.4, 0.5) is 5.69 Å². The van der Waals surface area contributed by atoms with Gasteiger partial charge in [-0.3, -0.25) is 0 Å². The van der Waals surface area contributed by atoms with E-state index in [4.69, 9.17) is 0 Å². The summed E-state index contributed by atoms with van der Waals surface area (Å²) >= 11 is 7.16. The van der Waals surface area contributed by atoms with Crippen molar-refractivity contribution >= 4 is 48.5 Å². The Bertz CT molecular complexity index is 742. The number of fused-ring (bicyclic) bond motifs is 1. The minimum atomic E-state index is 0.794. The highest BCUT2D eigenvalue weighted by Gasteiger charge is 2.08. The highest BCUT2D eigenvalue weighted by molar-refractivity contribution is 9.11. The Kier molecular flexibility index (Phi) is 3.85. The second-order valence-corrected chi connectivity index (χ2v) is 6.44. The molecule has 1 aromatic heterocycles. The van der Waals surface area contributed by atoms with E-state index in [1.54, 1.807) is 0 Å². The van der Waals surface area contributed by atoms with Crippen LogP contribution in [-0.4, -0.2) is 4.57 Å². The molecule has 1 N–H and O–H groups in total. The SMILES string of the molecule is Cn1cc(CNc2c(Br)cccc2Br)c2ccccc21. The number of para-hydroxylation sites is 2. The van der Waals surface area contributed by atoms with Crippen LogP contribution in [0.15, 0.2) is 57.6 Å². The summed E-state index contributed by atoms with van der Waals surface area (Å²) in [4.78, 5) is 0. The molecule has 0 spiro atoms. The van der Waals surface area contributed by atoms with Gasteiger partial charge in [-0.15, -0.1) is 0 Å². The van der Waals surface area contributed by atoms with Crippen molar-refractivity contribution in [1.82, 2.24) is 4.57 Å². The molecule has 0 saturated heterocycles. The zero-order chi connectivity index (χ0) is 14.1. The fourth-order valence-electron chi connectivity index (χ4n) is 2.42. The Morgan fingerprint density at radius 3 is 2.45 bits per heavy atom. The van der Waals surface area contributed by atoms with Gasteiger partial charge in [-0.25, -0.2) is 0 Å². The molecule has 0 aliphatic carbocycles. The quantitative estimate of drug-likeness (QED) is 0.637. The number of nitrogens with one attached hydrogen (secondary N) is 1. The summed E-state index contributed by atoms with van der Waals surface area (Å²) in [6.45, 7) is 0.794. The van der Waals surface area contributed by atoms with E-state index < -0.39 is 0 Å². The van der Waals surface area contributed by atoms with E-state index in [1.807, 2.05) is 18.2 Å². The molecule has 0 radical (unpaired) electrons. The number of rotatable bonds is 3. The number of aromatic nitrogens is 1. The normalized spacial score (nSPS) is 10.9. The molecule has 0 aliphatic heterocycles. The number of anilines is 1. The Labute approximate surface area is 135 Å². The maximum Gasteiger partial charge on any atom is 0.0631 e. The molecular weight excluding hydrogens is 380 g/mol. The minimum absolute atomic E-state index is 0.794. The molecule has 0 unspecified atom stereocenters. The van der Waals surface area contributed by atoms with Crippen molar-refractivity contribution in [2.75, 3.05) is 5.32 Å². The minimum Gasteiger partial charge on any atom is -0.379 e. The van der Waals surface area contributed by atoms with Crippen LogP contribution < -0.4 is 5.32 Å². The molecule has 3 rings (SSSR count). The summed E-state index contributed by atoms with van der Waals surface area (Å²) in [5, 5.41) is 4.79. The van der Waals surface area contributed by atoms with Gasteiger partial charge in [-0.1, -0.05) is 24.3 Å². The average Bonchev–Trinajstić information content (AvgIpc) is 2.76. The molecule has 0 aliphatic rings. The zero-order valence-electron chi connectivity index (χ0n) is 11.0. The van der Waals surface area contributed by atoms with Crippen LogP contribution >= 0.6 is 31.9 Å². The first-order valence-electron chi connectivity index (χ1n) is 6.37. The topological polar surface area (TPSA) is 17.0 Å². The highest BCUT2D eigenvalue weighted by atomic mass is 79.9. The summed E-state index contributed by atoms with van der Waals surface area (Å²) in [5.74, 6) is 0. The molecule has 0 atom stereocenters. The fourth-order valence-corrected chi connectivity index (χ4v) is 3.70. The van der Waals surface area contributed by atoms with Gasteiger partial charge in [0.25, 0.3) is 0 Å². The van der Waals surface area contributed by atoms with Gasteiger partial charge >= 0.3 is 0 Å². The number of nitrogens with zero attached hydrogens (tertiary/aromatic N) is 1. The number of hydrogen-bond acceptors (Lipinski definition) is 1. The van der Waals surface area contributed by atoms with Crippen LogP contribution in [-0.2, 0) is 13.6 Å². The van der Waals surface area contributed by atoms with Crippen LogP contribution in [0.2, 0.25) is 0 Å². The second-order valence-electron chi connectivity index (χ2n) is 4.73. The van der Waals surface area contributed by atoms with Crippen molar-refractivity contribution in [3.05, 3.63) is 63.2 Å². The van der Waals surface area contributed by atoms with Crippen LogP contribution in [0.3, 0.4) is 0 Å². The van der Waals surface area contributed by atoms with Crippen LogP contribution in [0, 0.1) is 0 Å². The van der Waals surface area contributed by atoms with Crippen molar-refractivity contribution in [2.45, 2.75) is 6.54 Å². The lowest BCUT2D eigenvalue weighted by Gasteiger charge is -2.10. The maximum atomic E-state index is 3.58. The number of benzene rings is 2. The van der Waals surface area contributed by atoms with Gasteiger partial charge < -0.3 is 9.88 Å². The van der Waals surface area contributed by atoms with E-state index in [2.05, 4.69) is 79.3 Å². The Hall–Kier alpha value is -1.26. The first-order chi connectivity index (χ1) is 9.66. The fraction of sp³-hybridized carbons (Fsp3) is 0.125. The Morgan fingerprint density at radius 2 is 1.70 bits per heavy atom. The standard InChI is InChI=1S/C16H14Br2N2/c1-20-10-11(12-5-2-3-8-15(12)20)9-19-16-13(17)6-4-7-14(16)18/h2-8,10,19H,9H2,1H3. The van der Waals surface area contributed by atoms with Gasteiger partial charge in [0.15, 0.2) is 0 Å². The molecule has 2 nitrogen and oxygen atoms in total. The number of aryl methyl sites for hydroxylation is 1. The largest absolute Gasteiger partial charge is 0.379 e. The predicted molar refractivity (Wildman–Crippen MR) is 92.1 cm³/mol. The third-order valence-corrected chi connectivity index (χ3v) is 4.72. The third-order valence-electron chi connectivity index (χ3n) is 3.40. The third kappa shape index (κ3) is 2.50. The molecule has 0 saturated carbocycles. The van der Waals surface area contributed by atoms with Crippen molar-refractivity contribution in [2.24, 2.45) is 7.05 Å². The Morgan fingerprint density at radius 1 is 1.00 bits per heavy atom. The van der Waals surface area contributed by atoms with Crippen LogP contribution in [0.1, 0.15) is 5.56 Å². The van der Waals surface area contributed by atoms with E-state index in [0.717, 1.165) is 21.2 Å². The zero-order valence-corrected chi connectivity index (χ0v) is 14.2. The average molecular weight is 394 g/mol. The van der Waals surface area contributed by atoms with Gasteiger partial charge in [-0.05, 0) is 55.6 Å². The number of hydrogen-bond donors (Lipinski definition) is 1. The van der Waals surface area contributed by atoms with E-state index in [1.165, 1.54) is 16.5 Å². The molecular formula is C16H14Br2N2. The number of halogens is 2. The molecule has 0 bridgehead atoms. The van der Waals surface area contributed by atoms with Crippen molar-refractivity contribution in [1.29, 1.82) is 0 Å². The summed E-state index contributed by atoms with van der Waals surface area (Å²) in [6, 6.07) is 14.6. The van der Waals surface area contributed by atoms with E-state index in [-0.39, 0.29) is 0 Å². The molecule has 0 fully saturated rings. The lowest BCUT2D eigenvalue weighted by molar-refractivity contribution is 0.955. The van der Waals surface area contributed by atoms with Crippen LogP contribution in [0.5, 0.6) is 0 Å². The van der Waals surface area contributed by atoms with Gasteiger partial charge in [0.05, 0.1) is 5.69 Å². The second kappa shape index (κ2) is 5.62. The van der Waals surface area contributed by atoms with E-state index >= 15 is 0 Å². The predicted octanol–water partition coefficient (Wildman–Crippen LogP) is 5.32. The first kappa shape index (κ1) is 13.7. The maximum absolute atomic E-state index is 3.58. The van der Waals surface area contributed by atoms with E-state index in [9.17, 15) is 0 Å². The van der Waals surface area contributed by atoms with Gasteiger partial charge in [0.1, 0.15) is 0 Å². The Balaban J connectivity index is 1.91. The van der Waals surface area contributed by atoms with E-state index in [0.29, 0.717) is 0 Å². The summed E-state index contributed by atoms with van der Waals surface area (Å²) in [7, 11) is 2.08. The monoisotopic (exact) mass is 392 g/mol. The lowest BCUT2D eigenvalue weighted by atomic mass is 10.2. The molecule has 3 aromatic rings. The van der Waals surface area contributed by atoms with Gasteiger partial charge in [-0.2, -0.15) is 0 Å². The van der Waals surface area contributed by atoms with Crippen molar-refractivity contribution in [3.8, 4) is 0 Å². The smallest absolute Gasteiger partial charge is 0.0631 e. The van der Waals surface area contributed by atoms with Crippen LogP contribution in [0.25, 0.3) is 10.9 Å². The molecule has 0 amide bonds. The molecule has 102 valence electrons. The summed E-state index contributed by atoms with van der Waals surface area (Å²) in [6.07, 6.45) is 2.18. The molecule has 20 heavy (non-hydrogen) atoms. The summed E-state index contributed by atoms with van der Waals surface area (Å²) in [5.41, 5.74) is 3.64. The lowest BCUT2D eigenvalue weighted by Crippen LogP contribution is -2.00. The van der Waals surface area contributed by atoms with Crippen molar-refractivity contribution < 1.29 is 0 Å². The first-order valence-corrected chi connectivity index (χ1v) is 7.96.